The zero-order valence-electron chi connectivity index (χ0n) is 12.5. The highest BCUT2D eigenvalue weighted by atomic mass is 16.6. The molecule has 1 aliphatic heterocycles. The standard InChI is InChI=1S/C15H29NO2/c1-5-6-10-13-11-8-7-9-12-16(13)14(17)18-15(2,3)4/h13H,5-12H2,1-4H3/t13-/m1/s1. The average molecular weight is 255 g/mol. The Labute approximate surface area is 112 Å². The summed E-state index contributed by atoms with van der Waals surface area (Å²) in [5.74, 6) is 0. The second kappa shape index (κ2) is 7.01. The van der Waals surface area contributed by atoms with Gasteiger partial charge in [-0.3, -0.25) is 0 Å². The largest absolute Gasteiger partial charge is 0.444 e. The van der Waals surface area contributed by atoms with E-state index in [0.717, 1.165) is 25.8 Å². The molecule has 0 aromatic rings. The van der Waals surface area contributed by atoms with Gasteiger partial charge in [-0.05, 0) is 40.0 Å². The molecule has 0 aromatic heterocycles. The lowest BCUT2D eigenvalue weighted by Crippen LogP contribution is -2.43. The van der Waals surface area contributed by atoms with Crippen molar-refractivity contribution in [3.8, 4) is 0 Å². The zero-order chi connectivity index (χ0) is 13.6. The first-order valence-corrected chi connectivity index (χ1v) is 7.43. The minimum Gasteiger partial charge on any atom is -0.444 e. The first-order chi connectivity index (χ1) is 8.44. The van der Waals surface area contributed by atoms with Gasteiger partial charge < -0.3 is 9.64 Å². The molecule has 1 atom stereocenters. The molecule has 1 heterocycles. The molecule has 1 saturated heterocycles. The van der Waals surface area contributed by atoms with Gasteiger partial charge in [0, 0.05) is 12.6 Å². The molecule has 0 unspecified atom stereocenters. The third-order valence-electron chi connectivity index (χ3n) is 3.40. The van der Waals surface area contributed by atoms with Crippen LogP contribution in [0.4, 0.5) is 4.79 Å². The Morgan fingerprint density at radius 3 is 2.61 bits per heavy atom. The van der Waals surface area contributed by atoms with Crippen molar-refractivity contribution < 1.29 is 9.53 Å². The van der Waals surface area contributed by atoms with E-state index in [1.165, 1.54) is 25.7 Å². The number of nitrogens with zero attached hydrogens (tertiary/aromatic N) is 1. The van der Waals surface area contributed by atoms with Crippen LogP contribution in [0, 0.1) is 0 Å². The molecule has 0 bridgehead atoms. The summed E-state index contributed by atoms with van der Waals surface area (Å²) in [6.07, 6.45) is 8.13. The summed E-state index contributed by atoms with van der Waals surface area (Å²) >= 11 is 0. The fraction of sp³-hybridized carbons (Fsp3) is 0.933. The summed E-state index contributed by atoms with van der Waals surface area (Å²) < 4.78 is 5.53. The minimum atomic E-state index is -0.390. The zero-order valence-corrected chi connectivity index (χ0v) is 12.5. The second-order valence-corrected chi connectivity index (χ2v) is 6.32. The Kier molecular flexibility index (Phi) is 5.97. The lowest BCUT2D eigenvalue weighted by molar-refractivity contribution is 0.0156. The third-order valence-corrected chi connectivity index (χ3v) is 3.40. The van der Waals surface area contributed by atoms with E-state index >= 15 is 0 Å². The topological polar surface area (TPSA) is 29.5 Å². The third kappa shape index (κ3) is 5.28. The number of unbranched alkanes of at least 4 members (excludes halogenated alkanes) is 1. The molecule has 1 rings (SSSR count). The predicted molar refractivity (Wildman–Crippen MR) is 74.7 cm³/mol. The summed E-state index contributed by atoms with van der Waals surface area (Å²) in [5.41, 5.74) is -0.390. The Bertz CT molecular complexity index is 258. The van der Waals surface area contributed by atoms with E-state index in [2.05, 4.69) is 6.92 Å². The summed E-state index contributed by atoms with van der Waals surface area (Å²) in [6.45, 7) is 8.87. The van der Waals surface area contributed by atoms with E-state index in [9.17, 15) is 4.79 Å². The quantitative estimate of drug-likeness (QED) is 0.750. The molecular weight excluding hydrogens is 226 g/mol. The minimum absolute atomic E-state index is 0.120. The van der Waals surface area contributed by atoms with Crippen molar-refractivity contribution in [3.63, 3.8) is 0 Å². The van der Waals surface area contributed by atoms with Gasteiger partial charge in [0.15, 0.2) is 0 Å². The lowest BCUT2D eigenvalue weighted by Gasteiger charge is -2.32. The van der Waals surface area contributed by atoms with Crippen molar-refractivity contribution in [3.05, 3.63) is 0 Å². The van der Waals surface area contributed by atoms with Gasteiger partial charge in [0.05, 0.1) is 0 Å². The second-order valence-electron chi connectivity index (χ2n) is 6.32. The highest BCUT2D eigenvalue weighted by molar-refractivity contribution is 5.68. The van der Waals surface area contributed by atoms with Crippen molar-refractivity contribution in [2.24, 2.45) is 0 Å². The molecule has 1 amide bonds. The first-order valence-electron chi connectivity index (χ1n) is 7.43. The van der Waals surface area contributed by atoms with Gasteiger partial charge in [-0.15, -0.1) is 0 Å². The van der Waals surface area contributed by atoms with Gasteiger partial charge in [0.2, 0.25) is 0 Å². The van der Waals surface area contributed by atoms with Crippen molar-refractivity contribution >= 4 is 6.09 Å². The molecular formula is C15H29NO2. The van der Waals surface area contributed by atoms with Crippen LogP contribution in [-0.2, 0) is 4.74 Å². The predicted octanol–water partition coefficient (Wildman–Crippen LogP) is 4.36. The number of ether oxygens (including phenoxy) is 1. The van der Waals surface area contributed by atoms with Crippen molar-refractivity contribution in [2.45, 2.75) is 84.3 Å². The molecule has 0 radical (unpaired) electrons. The molecule has 0 N–H and O–H groups in total. The normalized spacial score (nSPS) is 21.6. The summed E-state index contributed by atoms with van der Waals surface area (Å²) in [4.78, 5) is 14.2. The van der Waals surface area contributed by atoms with Crippen LogP contribution in [0.15, 0.2) is 0 Å². The average Bonchev–Trinajstić information content (AvgIpc) is 2.48. The summed E-state index contributed by atoms with van der Waals surface area (Å²) in [6, 6.07) is 0.391. The van der Waals surface area contributed by atoms with Crippen molar-refractivity contribution in [2.75, 3.05) is 6.54 Å². The SMILES string of the molecule is CCCC[C@@H]1CCCCCN1C(=O)OC(C)(C)C. The smallest absolute Gasteiger partial charge is 0.410 e. The number of rotatable bonds is 3. The van der Waals surface area contributed by atoms with E-state index < -0.39 is 5.60 Å². The van der Waals surface area contributed by atoms with Crippen molar-refractivity contribution in [1.29, 1.82) is 0 Å². The number of carbonyl (C=O) groups is 1. The van der Waals surface area contributed by atoms with Crippen LogP contribution in [-0.4, -0.2) is 29.2 Å². The maximum absolute atomic E-state index is 12.2. The molecule has 18 heavy (non-hydrogen) atoms. The molecule has 0 saturated carbocycles. The molecule has 0 spiro atoms. The number of amides is 1. The first kappa shape index (κ1) is 15.3. The van der Waals surface area contributed by atoms with Crippen LogP contribution < -0.4 is 0 Å². The van der Waals surface area contributed by atoms with E-state index in [0.29, 0.717) is 6.04 Å². The number of likely N-dealkylation sites (tertiary alicyclic amines) is 1. The van der Waals surface area contributed by atoms with E-state index in [1.807, 2.05) is 25.7 Å². The molecule has 3 nitrogen and oxygen atoms in total. The van der Waals surface area contributed by atoms with Crippen LogP contribution in [0.5, 0.6) is 0 Å². The van der Waals surface area contributed by atoms with Crippen LogP contribution >= 0.6 is 0 Å². The van der Waals surface area contributed by atoms with E-state index in [1.54, 1.807) is 0 Å². The Balaban J connectivity index is 2.63. The fourth-order valence-electron chi connectivity index (χ4n) is 2.48. The summed E-state index contributed by atoms with van der Waals surface area (Å²) in [5, 5.41) is 0. The Morgan fingerprint density at radius 2 is 2.00 bits per heavy atom. The Morgan fingerprint density at radius 1 is 1.28 bits per heavy atom. The Hall–Kier alpha value is -0.730. The lowest BCUT2D eigenvalue weighted by atomic mass is 10.0. The highest BCUT2D eigenvalue weighted by Crippen LogP contribution is 2.23. The van der Waals surface area contributed by atoms with Gasteiger partial charge >= 0.3 is 6.09 Å². The highest BCUT2D eigenvalue weighted by Gasteiger charge is 2.28. The maximum atomic E-state index is 12.2. The molecule has 1 fully saturated rings. The van der Waals surface area contributed by atoms with Crippen LogP contribution in [0.1, 0.15) is 72.6 Å². The molecule has 0 aromatic carbocycles. The number of hydrogen-bond acceptors (Lipinski definition) is 2. The van der Waals surface area contributed by atoms with Crippen molar-refractivity contribution in [1.82, 2.24) is 4.90 Å². The fourth-order valence-corrected chi connectivity index (χ4v) is 2.48. The van der Waals surface area contributed by atoms with Crippen LogP contribution in [0.2, 0.25) is 0 Å². The van der Waals surface area contributed by atoms with E-state index in [4.69, 9.17) is 4.74 Å². The number of hydrogen-bond donors (Lipinski definition) is 0. The van der Waals surface area contributed by atoms with Gasteiger partial charge in [0.25, 0.3) is 0 Å². The van der Waals surface area contributed by atoms with Gasteiger partial charge in [-0.25, -0.2) is 4.79 Å². The van der Waals surface area contributed by atoms with Gasteiger partial charge in [-0.1, -0.05) is 32.6 Å². The molecule has 106 valence electrons. The van der Waals surface area contributed by atoms with Gasteiger partial charge in [0.1, 0.15) is 5.60 Å². The van der Waals surface area contributed by atoms with Gasteiger partial charge in [-0.2, -0.15) is 0 Å². The monoisotopic (exact) mass is 255 g/mol. The molecule has 1 aliphatic rings. The molecule has 0 aliphatic carbocycles. The summed E-state index contributed by atoms with van der Waals surface area (Å²) in [7, 11) is 0. The maximum Gasteiger partial charge on any atom is 0.410 e. The van der Waals surface area contributed by atoms with E-state index in [-0.39, 0.29) is 6.09 Å². The molecule has 3 heteroatoms. The van der Waals surface area contributed by atoms with Crippen LogP contribution in [0.25, 0.3) is 0 Å². The van der Waals surface area contributed by atoms with Crippen LogP contribution in [0.3, 0.4) is 0 Å². The number of carbonyl (C=O) groups excluding carboxylic acids is 1.